The zero-order valence-corrected chi connectivity index (χ0v) is 21.4. The highest BCUT2D eigenvalue weighted by atomic mass is 32.2. The van der Waals surface area contributed by atoms with E-state index in [0.717, 1.165) is 36.5 Å². The van der Waals surface area contributed by atoms with Crippen LogP contribution in [0.4, 0.5) is 0 Å². The summed E-state index contributed by atoms with van der Waals surface area (Å²) in [4.78, 5) is 19.2. The largest absolute Gasteiger partial charge is 0.493 e. The van der Waals surface area contributed by atoms with Gasteiger partial charge in [0.2, 0.25) is 0 Å². The summed E-state index contributed by atoms with van der Waals surface area (Å²) in [5.74, 6) is 3.50. The highest BCUT2D eigenvalue weighted by molar-refractivity contribution is 7.99. The molecule has 3 atom stereocenters. The Bertz CT molecular complexity index is 1060. The van der Waals surface area contributed by atoms with Gasteiger partial charge in [-0.15, -0.1) is 11.8 Å². The van der Waals surface area contributed by atoms with Crippen molar-refractivity contribution in [2.45, 2.75) is 54.9 Å². The molecule has 4 N–H and O–H groups in total. The van der Waals surface area contributed by atoms with Crippen LogP contribution in [-0.2, 0) is 21.9 Å². The van der Waals surface area contributed by atoms with E-state index in [9.17, 15) is 4.57 Å². The molecule has 34 heavy (non-hydrogen) atoms. The Kier molecular flexibility index (Phi) is 7.97. The number of methoxy groups -OCH3 is 2. The fraction of sp³-hybridized carbons (Fsp3) is 0.520. The van der Waals surface area contributed by atoms with Gasteiger partial charge >= 0.3 is 7.82 Å². The summed E-state index contributed by atoms with van der Waals surface area (Å²) < 4.78 is 26.5. The lowest BCUT2D eigenvalue weighted by atomic mass is 9.82. The molecule has 7 nitrogen and oxygen atoms in total. The van der Waals surface area contributed by atoms with Gasteiger partial charge in [0.05, 0.1) is 20.8 Å². The lowest BCUT2D eigenvalue weighted by Crippen LogP contribution is -2.41. The van der Waals surface area contributed by atoms with Gasteiger partial charge in [-0.1, -0.05) is 18.2 Å². The van der Waals surface area contributed by atoms with Gasteiger partial charge in [-0.2, -0.15) is 0 Å². The van der Waals surface area contributed by atoms with E-state index in [1.165, 1.54) is 28.0 Å². The normalized spacial score (nSPS) is 24.6. The first kappa shape index (κ1) is 25.5. The fourth-order valence-electron chi connectivity index (χ4n) is 5.15. The molecule has 2 aromatic carbocycles. The molecule has 186 valence electrons. The van der Waals surface area contributed by atoms with Crippen LogP contribution in [0.25, 0.3) is 0 Å². The second kappa shape index (κ2) is 10.6. The molecule has 0 amide bonds. The maximum absolute atomic E-state index is 11.1. The van der Waals surface area contributed by atoms with Gasteiger partial charge in [0.25, 0.3) is 0 Å². The quantitative estimate of drug-likeness (QED) is 0.332. The summed E-state index contributed by atoms with van der Waals surface area (Å²) in [5, 5.41) is 0. The molecule has 9 heteroatoms. The van der Waals surface area contributed by atoms with Crippen molar-refractivity contribution in [2.24, 2.45) is 11.7 Å². The van der Waals surface area contributed by atoms with Crippen LogP contribution >= 0.6 is 19.6 Å². The monoisotopic (exact) mass is 507 g/mol. The third kappa shape index (κ3) is 6.36. The Morgan fingerprint density at radius 3 is 2.62 bits per heavy atom. The standard InChI is InChI=1S/C25H34NO6PS/c1-30-23-8-7-22(13-24(23)31-2)34-15-17-3-4-19-12-20(6-5-18(19)11-17)21-9-10-25(26,14-21)16-32-33(27,28)29/h5-8,12-13,17,21H,3-4,9-11,14-16,26H2,1-2H3,(H2,27,28,29)/t17-,21+,25-/m1/s1. The molecule has 2 aliphatic rings. The number of thioether (sulfide) groups is 1. The number of phosphoric ester groups is 1. The maximum atomic E-state index is 11.1. The molecular weight excluding hydrogens is 473 g/mol. The van der Waals surface area contributed by atoms with Gasteiger partial charge in [-0.05, 0) is 85.3 Å². The van der Waals surface area contributed by atoms with Crippen molar-refractivity contribution in [1.29, 1.82) is 0 Å². The summed E-state index contributed by atoms with van der Waals surface area (Å²) in [6.45, 7) is -0.113. The fourth-order valence-corrected chi connectivity index (χ4v) is 6.64. The summed E-state index contributed by atoms with van der Waals surface area (Å²) >= 11 is 1.86. The molecule has 0 heterocycles. The topological polar surface area (TPSA) is 111 Å². The Labute approximate surface area is 205 Å². The molecule has 0 bridgehead atoms. The van der Waals surface area contributed by atoms with Crippen molar-refractivity contribution in [3.63, 3.8) is 0 Å². The van der Waals surface area contributed by atoms with Crippen LogP contribution in [0.5, 0.6) is 11.5 Å². The van der Waals surface area contributed by atoms with Crippen LogP contribution in [0, 0.1) is 5.92 Å². The Morgan fingerprint density at radius 2 is 1.88 bits per heavy atom. The lowest BCUT2D eigenvalue weighted by Gasteiger charge is -2.26. The third-order valence-corrected chi connectivity index (χ3v) is 8.73. The average Bonchev–Trinajstić information content (AvgIpc) is 3.23. The Hall–Kier alpha value is -1.54. The first-order valence-corrected chi connectivity index (χ1v) is 14.1. The summed E-state index contributed by atoms with van der Waals surface area (Å²) in [6.07, 6.45) is 5.60. The minimum absolute atomic E-state index is 0.113. The van der Waals surface area contributed by atoms with Crippen LogP contribution in [0.3, 0.4) is 0 Å². The predicted octanol–water partition coefficient (Wildman–Crippen LogP) is 4.68. The minimum Gasteiger partial charge on any atom is -0.493 e. The maximum Gasteiger partial charge on any atom is 0.469 e. The highest BCUT2D eigenvalue weighted by Gasteiger charge is 2.38. The van der Waals surface area contributed by atoms with Gasteiger partial charge in [0, 0.05) is 16.2 Å². The molecule has 0 radical (unpaired) electrons. The number of hydrogen-bond donors (Lipinski definition) is 3. The van der Waals surface area contributed by atoms with Crippen molar-refractivity contribution in [1.82, 2.24) is 0 Å². The molecule has 0 spiro atoms. The van der Waals surface area contributed by atoms with Crippen molar-refractivity contribution in [2.75, 3.05) is 26.6 Å². The van der Waals surface area contributed by atoms with Gasteiger partial charge in [-0.3, -0.25) is 4.52 Å². The van der Waals surface area contributed by atoms with E-state index in [-0.39, 0.29) is 6.61 Å². The smallest absolute Gasteiger partial charge is 0.469 e. The van der Waals surface area contributed by atoms with Crippen LogP contribution in [0.2, 0.25) is 0 Å². The van der Waals surface area contributed by atoms with Crippen LogP contribution in [0.1, 0.15) is 48.3 Å². The number of hydrogen-bond acceptors (Lipinski definition) is 6. The number of rotatable bonds is 9. The first-order chi connectivity index (χ1) is 16.2. The van der Waals surface area contributed by atoms with Crippen LogP contribution in [-0.4, -0.2) is 41.9 Å². The second-order valence-corrected chi connectivity index (χ2v) is 11.9. The summed E-state index contributed by atoms with van der Waals surface area (Å²) in [5.41, 5.74) is 9.82. The van der Waals surface area contributed by atoms with Crippen molar-refractivity contribution in [3.8, 4) is 11.5 Å². The average molecular weight is 508 g/mol. The SMILES string of the molecule is COc1ccc(SC[C@@H]2CCc3cc([C@H]4CC[C@](N)(COP(=O)(O)O)C4)ccc3C2)cc1OC. The summed E-state index contributed by atoms with van der Waals surface area (Å²) in [7, 11) is -1.19. The molecule has 0 saturated heterocycles. The minimum atomic E-state index is -4.50. The molecule has 0 aliphatic heterocycles. The molecular formula is C25H34NO6PS. The number of fused-ring (bicyclic) bond motifs is 1. The molecule has 1 fully saturated rings. The van der Waals surface area contributed by atoms with Gasteiger partial charge in [0.15, 0.2) is 11.5 Å². The van der Waals surface area contributed by atoms with Crippen molar-refractivity contribution in [3.05, 3.63) is 53.1 Å². The highest BCUT2D eigenvalue weighted by Crippen LogP contribution is 2.44. The molecule has 2 aliphatic carbocycles. The third-order valence-electron chi connectivity index (χ3n) is 7.04. The van der Waals surface area contributed by atoms with Gasteiger partial charge < -0.3 is 25.0 Å². The number of benzene rings is 2. The zero-order chi connectivity index (χ0) is 24.3. The molecule has 2 aromatic rings. The van der Waals surface area contributed by atoms with Crippen LogP contribution < -0.4 is 15.2 Å². The number of phosphoric acid groups is 1. The van der Waals surface area contributed by atoms with E-state index < -0.39 is 13.4 Å². The molecule has 0 aromatic heterocycles. The zero-order valence-electron chi connectivity index (χ0n) is 19.7. The Balaban J connectivity index is 1.33. The van der Waals surface area contributed by atoms with Crippen molar-refractivity contribution >= 4 is 19.6 Å². The molecule has 1 saturated carbocycles. The van der Waals surface area contributed by atoms with E-state index in [2.05, 4.69) is 24.3 Å². The van der Waals surface area contributed by atoms with Gasteiger partial charge in [0.1, 0.15) is 0 Å². The number of aryl methyl sites for hydroxylation is 1. The van der Waals surface area contributed by atoms with E-state index in [1.807, 2.05) is 23.9 Å². The Morgan fingerprint density at radius 1 is 1.09 bits per heavy atom. The second-order valence-electron chi connectivity index (χ2n) is 9.53. The number of ether oxygens (including phenoxy) is 2. The van der Waals surface area contributed by atoms with Crippen molar-refractivity contribution < 1.29 is 28.3 Å². The summed E-state index contributed by atoms with van der Waals surface area (Å²) in [6, 6.07) is 12.9. The van der Waals surface area contributed by atoms with E-state index in [0.29, 0.717) is 24.7 Å². The lowest BCUT2D eigenvalue weighted by molar-refractivity contribution is 0.153. The molecule has 0 unspecified atom stereocenters. The van der Waals surface area contributed by atoms with Gasteiger partial charge in [-0.25, -0.2) is 4.57 Å². The van der Waals surface area contributed by atoms with Crippen LogP contribution in [0.15, 0.2) is 41.3 Å². The van der Waals surface area contributed by atoms with E-state index in [1.54, 1.807) is 14.2 Å². The molecule has 4 rings (SSSR count). The van der Waals surface area contributed by atoms with E-state index >= 15 is 0 Å². The first-order valence-electron chi connectivity index (χ1n) is 11.6. The van der Waals surface area contributed by atoms with E-state index in [4.69, 9.17) is 29.5 Å². The number of nitrogens with two attached hydrogens (primary N) is 1. The predicted molar refractivity (Wildman–Crippen MR) is 134 cm³/mol.